The van der Waals surface area contributed by atoms with E-state index in [1.165, 1.54) is 0 Å². The van der Waals surface area contributed by atoms with Crippen molar-refractivity contribution < 1.29 is 10.1 Å². The lowest BCUT2D eigenvalue weighted by molar-refractivity contribution is -0.673. The summed E-state index contributed by atoms with van der Waals surface area (Å²) in [5.41, 5.74) is 10.4. The van der Waals surface area contributed by atoms with Gasteiger partial charge < -0.3 is 11.5 Å². The summed E-state index contributed by atoms with van der Waals surface area (Å²) >= 11 is 0. The highest BCUT2D eigenvalue weighted by Crippen LogP contribution is 1.92. The molecule has 0 amide bonds. The molecule has 0 fully saturated rings. The Bertz CT molecular complexity index is 213. The Kier molecular flexibility index (Phi) is 6.79. The Labute approximate surface area is 92.0 Å². The van der Waals surface area contributed by atoms with Gasteiger partial charge in [0.1, 0.15) is 13.1 Å². The number of rotatable bonds is 9. The first-order chi connectivity index (χ1) is 7.52. The molecule has 0 bridgehead atoms. The first-order valence-electron chi connectivity index (χ1n) is 4.71. The van der Waals surface area contributed by atoms with Crippen LogP contribution in [0.25, 0.3) is 0 Å². The zero-order valence-corrected chi connectivity index (χ0v) is 8.82. The molecule has 0 heterocycles. The first kappa shape index (κ1) is 14.3. The highest BCUT2D eigenvalue weighted by Gasteiger charge is 2.19. The molecule has 10 nitrogen and oxygen atoms in total. The van der Waals surface area contributed by atoms with Crippen LogP contribution < -0.4 is 11.5 Å². The van der Waals surface area contributed by atoms with Crippen LogP contribution in [-0.4, -0.2) is 59.4 Å². The molecule has 0 aromatic heterocycles. The van der Waals surface area contributed by atoms with E-state index in [4.69, 9.17) is 11.5 Å². The highest BCUT2D eigenvalue weighted by atomic mass is 16.7. The van der Waals surface area contributed by atoms with Crippen LogP contribution in [0.3, 0.4) is 0 Å². The van der Waals surface area contributed by atoms with Crippen LogP contribution >= 0.6 is 0 Å². The van der Waals surface area contributed by atoms with Gasteiger partial charge in [-0.1, -0.05) is 0 Å². The summed E-state index contributed by atoms with van der Waals surface area (Å²) in [7, 11) is 0. The largest absolute Gasteiger partial charge is 0.329 e. The van der Waals surface area contributed by atoms with Gasteiger partial charge in [-0.2, -0.15) is 0 Å². The SMILES string of the molecule is NCCN(CCN(CCN)[N+](=O)[O-])[N+](=O)[O-]. The van der Waals surface area contributed by atoms with Crippen LogP contribution in [0.2, 0.25) is 0 Å². The number of hydrogen-bond donors (Lipinski definition) is 2. The number of hydrogen-bond acceptors (Lipinski definition) is 6. The summed E-state index contributed by atoms with van der Waals surface area (Å²) in [6.07, 6.45) is 0. The third kappa shape index (κ3) is 5.26. The topological polar surface area (TPSA) is 145 Å². The van der Waals surface area contributed by atoms with E-state index in [1.807, 2.05) is 0 Å². The van der Waals surface area contributed by atoms with E-state index in [1.54, 1.807) is 0 Å². The van der Waals surface area contributed by atoms with Crippen molar-refractivity contribution in [3.63, 3.8) is 0 Å². The standard InChI is InChI=1S/C6H16N6O4/c7-1-3-9(11(13)14)5-6-10(4-2-8)12(15)16/h1-8H2. The monoisotopic (exact) mass is 236 g/mol. The third-order valence-electron chi connectivity index (χ3n) is 1.85. The summed E-state index contributed by atoms with van der Waals surface area (Å²) in [6.45, 7) is 0.228. The molecule has 0 saturated heterocycles. The minimum Gasteiger partial charge on any atom is -0.329 e. The van der Waals surface area contributed by atoms with Crippen molar-refractivity contribution in [2.75, 3.05) is 39.3 Å². The molecule has 0 aromatic carbocycles. The molecule has 0 rings (SSSR count). The smallest absolute Gasteiger partial charge is 0.160 e. The fraction of sp³-hybridized carbons (Fsp3) is 1.00. The Balaban J connectivity index is 4.14. The molecule has 0 atom stereocenters. The van der Waals surface area contributed by atoms with Crippen molar-refractivity contribution in [3.05, 3.63) is 20.2 Å². The van der Waals surface area contributed by atoms with Crippen molar-refractivity contribution in [1.29, 1.82) is 0 Å². The van der Waals surface area contributed by atoms with Crippen molar-refractivity contribution in [1.82, 2.24) is 10.0 Å². The summed E-state index contributed by atoms with van der Waals surface area (Å²) < 4.78 is 0. The molecule has 0 aromatic rings. The van der Waals surface area contributed by atoms with Gasteiger partial charge >= 0.3 is 0 Å². The average Bonchev–Trinajstić information content (AvgIpc) is 2.21. The molecule has 0 spiro atoms. The molecule has 0 aliphatic heterocycles. The van der Waals surface area contributed by atoms with Gasteiger partial charge in [0.15, 0.2) is 10.1 Å². The van der Waals surface area contributed by atoms with Gasteiger partial charge in [-0.15, -0.1) is 10.0 Å². The second-order valence-corrected chi connectivity index (χ2v) is 2.96. The Morgan fingerprint density at radius 2 is 1.12 bits per heavy atom. The normalized spacial score (nSPS) is 9.88. The Morgan fingerprint density at radius 1 is 0.812 bits per heavy atom. The van der Waals surface area contributed by atoms with Crippen molar-refractivity contribution >= 4 is 0 Å². The molecular weight excluding hydrogens is 220 g/mol. The molecule has 16 heavy (non-hydrogen) atoms. The molecule has 4 N–H and O–H groups in total. The Morgan fingerprint density at radius 3 is 1.31 bits per heavy atom. The minimum absolute atomic E-state index is 0.0567. The number of nitro groups is 2. The molecule has 0 unspecified atom stereocenters. The molecule has 0 radical (unpaired) electrons. The lowest BCUT2D eigenvalue weighted by Gasteiger charge is -2.17. The van der Waals surface area contributed by atoms with E-state index in [-0.39, 0.29) is 39.3 Å². The molecular formula is C6H16N6O4. The average molecular weight is 236 g/mol. The minimum atomic E-state index is -0.618. The summed E-state index contributed by atoms with van der Waals surface area (Å²) in [6, 6.07) is 0. The van der Waals surface area contributed by atoms with Gasteiger partial charge in [-0.05, 0) is 0 Å². The number of hydrazine groups is 2. The maximum Gasteiger partial charge on any atom is 0.160 e. The summed E-state index contributed by atoms with van der Waals surface area (Å²) in [5.74, 6) is 0. The first-order valence-corrected chi connectivity index (χ1v) is 4.71. The second kappa shape index (κ2) is 7.59. The van der Waals surface area contributed by atoms with E-state index < -0.39 is 10.1 Å². The maximum atomic E-state index is 10.5. The molecule has 94 valence electrons. The maximum absolute atomic E-state index is 10.5. The van der Waals surface area contributed by atoms with Crippen LogP contribution in [0.5, 0.6) is 0 Å². The molecule has 0 aliphatic carbocycles. The fourth-order valence-electron chi connectivity index (χ4n) is 1.08. The van der Waals surface area contributed by atoms with Crippen LogP contribution in [0, 0.1) is 20.2 Å². The van der Waals surface area contributed by atoms with E-state index in [9.17, 15) is 20.2 Å². The zero-order valence-electron chi connectivity index (χ0n) is 8.82. The number of nitrogens with two attached hydrogens (primary N) is 2. The van der Waals surface area contributed by atoms with Crippen molar-refractivity contribution in [3.8, 4) is 0 Å². The molecule has 10 heteroatoms. The lowest BCUT2D eigenvalue weighted by Crippen LogP contribution is -2.43. The summed E-state index contributed by atoms with van der Waals surface area (Å²) in [5, 5.41) is 21.4. The highest BCUT2D eigenvalue weighted by molar-refractivity contribution is 4.52. The lowest BCUT2D eigenvalue weighted by atomic mass is 10.5. The summed E-state index contributed by atoms with van der Waals surface area (Å²) in [4.78, 5) is 21.0. The van der Waals surface area contributed by atoms with E-state index >= 15 is 0 Å². The van der Waals surface area contributed by atoms with Crippen LogP contribution in [-0.2, 0) is 0 Å². The van der Waals surface area contributed by atoms with Crippen molar-refractivity contribution in [2.45, 2.75) is 0 Å². The fourth-order valence-corrected chi connectivity index (χ4v) is 1.08. The van der Waals surface area contributed by atoms with Crippen molar-refractivity contribution in [2.24, 2.45) is 11.5 Å². The van der Waals surface area contributed by atoms with Gasteiger partial charge in [0.05, 0.1) is 13.1 Å². The van der Waals surface area contributed by atoms with Crippen LogP contribution in [0.15, 0.2) is 0 Å². The third-order valence-corrected chi connectivity index (χ3v) is 1.85. The van der Waals surface area contributed by atoms with Gasteiger partial charge in [0.2, 0.25) is 0 Å². The van der Waals surface area contributed by atoms with Gasteiger partial charge in [-0.25, -0.2) is 20.2 Å². The van der Waals surface area contributed by atoms with Crippen LogP contribution in [0.4, 0.5) is 0 Å². The Hall–Kier alpha value is -1.68. The van der Waals surface area contributed by atoms with Gasteiger partial charge in [0.25, 0.3) is 0 Å². The second-order valence-electron chi connectivity index (χ2n) is 2.96. The molecule has 0 saturated carbocycles. The predicted octanol–water partition coefficient (Wildman–Crippen LogP) is -2.11. The van der Waals surface area contributed by atoms with Gasteiger partial charge in [0, 0.05) is 13.1 Å². The van der Waals surface area contributed by atoms with E-state index in [2.05, 4.69) is 0 Å². The van der Waals surface area contributed by atoms with E-state index in [0.717, 1.165) is 10.0 Å². The zero-order chi connectivity index (χ0) is 12.6. The predicted molar refractivity (Wildman–Crippen MR) is 55.2 cm³/mol. The quantitative estimate of drug-likeness (QED) is 0.341. The van der Waals surface area contributed by atoms with Gasteiger partial charge in [-0.3, -0.25) is 0 Å². The molecule has 0 aliphatic rings. The van der Waals surface area contributed by atoms with E-state index in [0.29, 0.717) is 0 Å². The number of nitrogens with zero attached hydrogens (tertiary/aromatic N) is 4. The van der Waals surface area contributed by atoms with Crippen LogP contribution in [0.1, 0.15) is 0 Å².